The highest BCUT2D eigenvalue weighted by Gasteiger charge is 2.09. The Morgan fingerprint density at radius 3 is 2.56 bits per heavy atom. The normalized spacial score (nSPS) is 12.9. The minimum atomic E-state index is -0.375. The zero-order chi connectivity index (χ0) is 12.1. The van der Waals surface area contributed by atoms with Gasteiger partial charge in [-0.15, -0.1) is 0 Å². The Hall–Kier alpha value is -1.02. The minimum absolute atomic E-state index is 0.375. The number of hydrogen-bond acceptors (Lipinski definition) is 2. The first-order valence-electron chi connectivity index (χ1n) is 5.96. The lowest BCUT2D eigenvalue weighted by Crippen LogP contribution is -2.16. The van der Waals surface area contributed by atoms with Crippen molar-refractivity contribution in [3.05, 3.63) is 29.3 Å². The molecule has 2 nitrogen and oxygen atoms in total. The second-order valence-corrected chi connectivity index (χ2v) is 4.57. The predicted octanol–water partition coefficient (Wildman–Crippen LogP) is 3.27. The molecule has 1 aromatic rings. The molecule has 0 aromatic heterocycles. The molecule has 1 aromatic carbocycles. The summed E-state index contributed by atoms with van der Waals surface area (Å²) in [5.41, 5.74) is 2.39. The summed E-state index contributed by atoms with van der Waals surface area (Å²) in [6.45, 7) is 8.67. The van der Waals surface area contributed by atoms with Gasteiger partial charge in [0.05, 0.1) is 6.10 Å². The fraction of sp³-hybridized carbons (Fsp3) is 0.571. The summed E-state index contributed by atoms with van der Waals surface area (Å²) in [4.78, 5) is 0. The Morgan fingerprint density at radius 1 is 1.31 bits per heavy atom. The summed E-state index contributed by atoms with van der Waals surface area (Å²) < 4.78 is 5.68. The van der Waals surface area contributed by atoms with Crippen molar-refractivity contribution in [2.75, 3.05) is 6.61 Å². The summed E-state index contributed by atoms with van der Waals surface area (Å²) in [5.74, 6) is 1.34. The molecule has 0 saturated heterocycles. The van der Waals surface area contributed by atoms with Gasteiger partial charge in [0.15, 0.2) is 0 Å². The van der Waals surface area contributed by atoms with Gasteiger partial charge < -0.3 is 9.84 Å². The maximum absolute atomic E-state index is 9.49. The summed E-state index contributed by atoms with van der Waals surface area (Å²) in [6.07, 6.45) is 0.351. The fourth-order valence-electron chi connectivity index (χ4n) is 1.55. The van der Waals surface area contributed by atoms with Gasteiger partial charge in [-0.25, -0.2) is 0 Å². The van der Waals surface area contributed by atoms with Crippen LogP contribution in [-0.4, -0.2) is 17.8 Å². The number of benzene rings is 1. The maximum atomic E-state index is 9.49. The van der Waals surface area contributed by atoms with E-state index in [0.717, 1.165) is 12.2 Å². The first-order valence-corrected chi connectivity index (χ1v) is 5.96. The van der Waals surface area contributed by atoms with E-state index in [0.29, 0.717) is 12.5 Å². The number of aliphatic hydroxyl groups excluding tert-OH is 1. The number of aliphatic hydroxyl groups is 1. The largest absolute Gasteiger partial charge is 0.491 e. The molecular formula is C14H22O2. The number of hydrogen-bond donors (Lipinski definition) is 1. The van der Waals surface area contributed by atoms with Crippen LogP contribution in [0.2, 0.25) is 0 Å². The lowest BCUT2D eigenvalue weighted by molar-refractivity contribution is 0.103. The molecule has 0 aliphatic rings. The molecule has 0 amide bonds. The van der Waals surface area contributed by atoms with Gasteiger partial charge in [-0.3, -0.25) is 0 Å². The molecule has 2 heteroatoms. The van der Waals surface area contributed by atoms with Crippen LogP contribution >= 0.6 is 0 Å². The average Bonchev–Trinajstić information content (AvgIpc) is 2.25. The molecule has 0 saturated carbocycles. The van der Waals surface area contributed by atoms with E-state index in [2.05, 4.69) is 26.0 Å². The van der Waals surface area contributed by atoms with Crippen LogP contribution in [0.25, 0.3) is 0 Å². The Kier molecular flexibility index (Phi) is 4.81. The van der Waals surface area contributed by atoms with Crippen molar-refractivity contribution >= 4 is 0 Å². The van der Waals surface area contributed by atoms with Gasteiger partial charge in [0.1, 0.15) is 12.4 Å². The van der Waals surface area contributed by atoms with Crippen LogP contribution in [0.15, 0.2) is 18.2 Å². The van der Waals surface area contributed by atoms with Gasteiger partial charge in [-0.05, 0) is 36.5 Å². The molecule has 0 bridgehead atoms. The third-order valence-corrected chi connectivity index (χ3v) is 2.69. The van der Waals surface area contributed by atoms with E-state index in [9.17, 15) is 5.11 Å². The van der Waals surface area contributed by atoms with Crippen molar-refractivity contribution in [2.24, 2.45) is 0 Å². The summed E-state index contributed by atoms with van der Waals surface area (Å²) in [6, 6.07) is 6.24. The zero-order valence-corrected chi connectivity index (χ0v) is 10.7. The summed E-state index contributed by atoms with van der Waals surface area (Å²) in [7, 11) is 0. The van der Waals surface area contributed by atoms with Crippen molar-refractivity contribution in [2.45, 2.75) is 46.1 Å². The van der Waals surface area contributed by atoms with Crippen LogP contribution in [0, 0.1) is 6.92 Å². The van der Waals surface area contributed by atoms with Crippen molar-refractivity contribution in [3.63, 3.8) is 0 Å². The van der Waals surface area contributed by atoms with Crippen LogP contribution in [-0.2, 0) is 0 Å². The van der Waals surface area contributed by atoms with Gasteiger partial charge in [-0.1, -0.05) is 32.9 Å². The van der Waals surface area contributed by atoms with Crippen molar-refractivity contribution in [1.29, 1.82) is 0 Å². The molecule has 0 aliphatic heterocycles. The number of aryl methyl sites for hydroxylation is 1. The standard InChI is InChI=1S/C14H22O2/c1-5-12(15)9-16-14-8-11(4)6-7-13(14)10(2)3/h6-8,10,12,15H,5,9H2,1-4H3. The Balaban J connectivity index is 2.80. The zero-order valence-electron chi connectivity index (χ0n) is 10.7. The second kappa shape index (κ2) is 5.90. The minimum Gasteiger partial charge on any atom is -0.491 e. The topological polar surface area (TPSA) is 29.5 Å². The van der Waals surface area contributed by atoms with Gasteiger partial charge in [0, 0.05) is 0 Å². The van der Waals surface area contributed by atoms with Crippen LogP contribution in [0.4, 0.5) is 0 Å². The number of ether oxygens (including phenoxy) is 1. The number of rotatable bonds is 5. The summed E-state index contributed by atoms with van der Waals surface area (Å²) >= 11 is 0. The highest BCUT2D eigenvalue weighted by Crippen LogP contribution is 2.27. The first-order chi connectivity index (χ1) is 7.54. The monoisotopic (exact) mass is 222 g/mol. The molecule has 0 heterocycles. The molecule has 16 heavy (non-hydrogen) atoms. The van der Waals surface area contributed by atoms with E-state index in [-0.39, 0.29) is 6.10 Å². The van der Waals surface area contributed by atoms with Crippen LogP contribution < -0.4 is 4.74 Å². The van der Waals surface area contributed by atoms with Crippen molar-refractivity contribution in [1.82, 2.24) is 0 Å². The van der Waals surface area contributed by atoms with Gasteiger partial charge in [-0.2, -0.15) is 0 Å². The average molecular weight is 222 g/mol. The third-order valence-electron chi connectivity index (χ3n) is 2.69. The van der Waals surface area contributed by atoms with E-state index in [1.807, 2.05) is 19.9 Å². The van der Waals surface area contributed by atoms with Crippen molar-refractivity contribution in [3.8, 4) is 5.75 Å². The SMILES string of the molecule is CCC(O)COc1cc(C)ccc1C(C)C. The van der Waals surface area contributed by atoms with Gasteiger partial charge in [0.2, 0.25) is 0 Å². The molecule has 1 rings (SSSR count). The van der Waals surface area contributed by atoms with Crippen LogP contribution in [0.1, 0.15) is 44.2 Å². The van der Waals surface area contributed by atoms with E-state index >= 15 is 0 Å². The highest BCUT2D eigenvalue weighted by atomic mass is 16.5. The third kappa shape index (κ3) is 3.53. The van der Waals surface area contributed by atoms with Crippen LogP contribution in [0.5, 0.6) is 5.75 Å². The fourth-order valence-corrected chi connectivity index (χ4v) is 1.55. The van der Waals surface area contributed by atoms with E-state index in [1.165, 1.54) is 11.1 Å². The lowest BCUT2D eigenvalue weighted by atomic mass is 10.0. The lowest BCUT2D eigenvalue weighted by Gasteiger charge is -2.16. The van der Waals surface area contributed by atoms with Crippen molar-refractivity contribution < 1.29 is 9.84 Å². The molecule has 0 fully saturated rings. The smallest absolute Gasteiger partial charge is 0.123 e. The Morgan fingerprint density at radius 2 is 2.00 bits per heavy atom. The molecule has 1 unspecified atom stereocenters. The first kappa shape index (κ1) is 13.0. The predicted molar refractivity (Wildman–Crippen MR) is 67.1 cm³/mol. The van der Waals surface area contributed by atoms with Crippen LogP contribution in [0.3, 0.4) is 0 Å². The molecular weight excluding hydrogens is 200 g/mol. The Labute approximate surface area is 98.3 Å². The van der Waals surface area contributed by atoms with E-state index in [1.54, 1.807) is 0 Å². The summed E-state index contributed by atoms with van der Waals surface area (Å²) in [5, 5.41) is 9.49. The molecule has 1 atom stereocenters. The van der Waals surface area contributed by atoms with Gasteiger partial charge >= 0.3 is 0 Å². The van der Waals surface area contributed by atoms with E-state index < -0.39 is 0 Å². The Bertz CT molecular complexity index is 332. The molecule has 0 spiro atoms. The molecule has 0 radical (unpaired) electrons. The molecule has 90 valence electrons. The molecule has 0 aliphatic carbocycles. The van der Waals surface area contributed by atoms with E-state index in [4.69, 9.17) is 4.74 Å². The molecule has 1 N–H and O–H groups in total. The quantitative estimate of drug-likeness (QED) is 0.828. The highest BCUT2D eigenvalue weighted by molar-refractivity contribution is 5.39. The van der Waals surface area contributed by atoms with Gasteiger partial charge in [0.25, 0.3) is 0 Å². The second-order valence-electron chi connectivity index (χ2n) is 4.57. The maximum Gasteiger partial charge on any atom is 0.123 e.